The first-order valence-electron chi connectivity index (χ1n) is 6.89. The van der Waals surface area contributed by atoms with E-state index in [1.807, 2.05) is 0 Å². The number of hydrogen-bond donors (Lipinski definition) is 1. The number of anilines is 1. The second kappa shape index (κ2) is 7.20. The van der Waals surface area contributed by atoms with E-state index in [1.165, 1.54) is 12.1 Å². The molecule has 0 radical (unpaired) electrons. The first kappa shape index (κ1) is 16.9. The summed E-state index contributed by atoms with van der Waals surface area (Å²) in [5, 5.41) is 11.7. The zero-order chi connectivity index (χ0) is 17.0. The fourth-order valence-electron chi connectivity index (χ4n) is 1.91. The summed E-state index contributed by atoms with van der Waals surface area (Å²) >= 11 is 1.15. The fourth-order valence-corrected chi connectivity index (χ4v) is 2.91. The van der Waals surface area contributed by atoms with Gasteiger partial charge in [0.1, 0.15) is 28.3 Å². The molecule has 1 amide bonds. The van der Waals surface area contributed by atoms with Gasteiger partial charge in [-0.25, -0.2) is 14.4 Å². The van der Waals surface area contributed by atoms with Crippen molar-refractivity contribution >= 4 is 23.4 Å². The Hall–Kier alpha value is -2.46. The Morgan fingerprint density at radius 3 is 2.70 bits per heavy atom. The van der Waals surface area contributed by atoms with Crippen LogP contribution in [-0.2, 0) is 4.79 Å². The van der Waals surface area contributed by atoms with Crippen LogP contribution in [0.1, 0.15) is 24.0 Å². The molecule has 0 aliphatic heterocycles. The lowest BCUT2D eigenvalue weighted by atomic mass is 10.3. The summed E-state index contributed by atoms with van der Waals surface area (Å²) in [6.45, 7) is 5.12. The number of amides is 1. The number of aryl methyl sites for hydroxylation is 2. The second-order valence-corrected chi connectivity index (χ2v) is 6.21. The Morgan fingerprint density at radius 2 is 2.04 bits per heavy atom. The molecular weight excluding hydrogens is 315 g/mol. The number of aromatic nitrogens is 2. The molecule has 2 rings (SSSR count). The molecule has 5 nitrogen and oxygen atoms in total. The molecule has 118 valence electrons. The van der Waals surface area contributed by atoms with Gasteiger partial charge in [0, 0.05) is 0 Å². The number of nitrogens with zero attached hydrogens (tertiary/aromatic N) is 3. The Labute approximate surface area is 138 Å². The van der Waals surface area contributed by atoms with Crippen molar-refractivity contribution in [2.24, 2.45) is 0 Å². The number of para-hydroxylation sites is 1. The van der Waals surface area contributed by atoms with Crippen LogP contribution in [0.25, 0.3) is 0 Å². The van der Waals surface area contributed by atoms with Crippen molar-refractivity contribution in [3.63, 3.8) is 0 Å². The monoisotopic (exact) mass is 330 g/mol. The minimum absolute atomic E-state index is 0.125. The van der Waals surface area contributed by atoms with Gasteiger partial charge in [0.2, 0.25) is 5.91 Å². The van der Waals surface area contributed by atoms with Crippen LogP contribution in [0.5, 0.6) is 0 Å². The van der Waals surface area contributed by atoms with Gasteiger partial charge in [-0.3, -0.25) is 4.79 Å². The zero-order valence-electron chi connectivity index (χ0n) is 12.9. The molecule has 0 fully saturated rings. The number of nitriles is 1. The van der Waals surface area contributed by atoms with Gasteiger partial charge < -0.3 is 5.32 Å². The molecule has 1 N–H and O–H groups in total. The van der Waals surface area contributed by atoms with E-state index in [4.69, 9.17) is 0 Å². The van der Waals surface area contributed by atoms with Gasteiger partial charge in [-0.2, -0.15) is 5.26 Å². The summed E-state index contributed by atoms with van der Waals surface area (Å²) in [6.07, 6.45) is 0. The van der Waals surface area contributed by atoms with Crippen LogP contribution in [0.3, 0.4) is 0 Å². The van der Waals surface area contributed by atoms with Gasteiger partial charge in [-0.15, -0.1) is 0 Å². The molecule has 1 aromatic heterocycles. The smallest absolute Gasteiger partial charge is 0.237 e. The molecule has 0 saturated carbocycles. The van der Waals surface area contributed by atoms with E-state index in [1.54, 1.807) is 32.9 Å². The maximum Gasteiger partial charge on any atom is 0.237 e. The van der Waals surface area contributed by atoms with Crippen molar-refractivity contribution in [3.8, 4) is 6.07 Å². The van der Waals surface area contributed by atoms with E-state index in [-0.39, 0.29) is 11.6 Å². The van der Waals surface area contributed by atoms with Crippen LogP contribution in [0.15, 0.2) is 29.3 Å². The van der Waals surface area contributed by atoms with Gasteiger partial charge in [0.15, 0.2) is 0 Å². The van der Waals surface area contributed by atoms with Crippen LogP contribution in [-0.4, -0.2) is 21.1 Å². The fraction of sp³-hybridized carbons (Fsp3) is 0.250. The summed E-state index contributed by atoms with van der Waals surface area (Å²) in [7, 11) is 0. The summed E-state index contributed by atoms with van der Waals surface area (Å²) in [4.78, 5) is 20.6. The lowest BCUT2D eigenvalue weighted by Gasteiger charge is -2.13. The first-order chi connectivity index (χ1) is 10.9. The summed E-state index contributed by atoms with van der Waals surface area (Å²) < 4.78 is 13.6. The number of benzene rings is 1. The minimum Gasteiger partial charge on any atom is -0.323 e. The van der Waals surface area contributed by atoms with E-state index in [9.17, 15) is 14.4 Å². The third kappa shape index (κ3) is 4.05. The average Bonchev–Trinajstić information content (AvgIpc) is 2.49. The molecule has 1 aromatic carbocycles. The van der Waals surface area contributed by atoms with Gasteiger partial charge in [-0.05, 0) is 32.9 Å². The van der Waals surface area contributed by atoms with E-state index < -0.39 is 11.1 Å². The lowest BCUT2D eigenvalue weighted by molar-refractivity contribution is -0.115. The van der Waals surface area contributed by atoms with Crippen LogP contribution >= 0.6 is 11.8 Å². The van der Waals surface area contributed by atoms with E-state index in [0.29, 0.717) is 22.1 Å². The second-order valence-electron chi connectivity index (χ2n) is 4.88. The van der Waals surface area contributed by atoms with Gasteiger partial charge in [0.25, 0.3) is 0 Å². The molecule has 23 heavy (non-hydrogen) atoms. The Bertz CT molecular complexity index is 788. The highest BCUT2D eigenvalue weighted by atomic mass is 32.2. The maximum atomic E-state index is 13.6. The number of rotatable bonds is 4. The third-order valence-corrected chi connectivity index (χ3v) is 4.16. The standard InChI is InChI=1S/C16H15FN4OS/c1-9-12(8-18)16(20-11(3)19-9)23-10(2)15(22)21-14-7-5-4-6-13(14)17/h4-7,10H,1-3H3,(H,21,22)/t10-/m1/s1. The highest BCUT2D eigenvalue weighted by Crippen LogP contribution is 2.27. The van der Waals surface area contributed by atoms with Gasteiger partial charge in [-0.1, -0.05) is 23.9 Å². The molecule has 1 atom stereocenters. The van der Waals surface area contributed by atoms with Crippen LogP contribution in [0.4, 0.5) is 10.1 Å². The normalized spacial score (nSPS) is 11.6. The SMILES string of the molecule is Cc1nc(C)c(C#N)c(S[C@H](C)C(=O)Nc2ccccc2F)n1. The number of nitrogens with one attached hydrogen (secondary N) is 1. The zero-order valence-corrected chi connectivity index (χ0v) is 13.7. The molecule has 0 aliphatic rings. The van der Waals surface area contributed by atoms with Crippen molar-refractivity contribution in [2.45, 2.75) is 31.0 Å². The largest absolute Gasteiger partial charge is 0.323 e. The molecule has 0 aliphatic carbocycles. The number of halogens is 1. The van der Waals surface area contributed by atoms with Crippen LogP contribution in [0.2, 0.25) is 0 Å². The van der Waals surface area contributed by atoms with Gasteiger partial charge in [0.05, 0.1) is 16.6 Å². The molecule has 0 unspecified atom stereocenters. The number of carbonyl (C=O) groups is 1. The topological polar surface area (TPSA) is 78.7 Å². The summed E-state index contributed by atoms with van der Waals surface area (Å²) in [5.41, 5.74) is 1.05. The predicted molar refractivity (Wildman–Crippen MR) is 86.6 cm³/mol. The molecule has 1 heterocycles. The van der Waals surface area contributed by atoms with E-state index in [0.717, 1.165) is 11.8 Å². The number of thioether (sulfide) groups is 1. The number of hydrogen-bond acceptors (Lipinski definition) is 5. The van der Waals surface area contributed by atoms with Crippen molar-refractivity contribution in [2.75, 3.05) is 5.32 Å². The molecular formula is C16H15FN4OS. The van der Waals surface area contributed by atoms with Crippen molar-refractivity contribution in [3.05, 3.63) is 47.2 Å². The Morgan fingerprint density at radius 1 is 1.35 bits per heavy atom. The summed E-state index contributed by atoms with van der Waals surface area (Å²) in [5.74, 6) is -0.326. The van der Waals surface area contributed by atoms with Crippen molar-refractivity contribution < 1.29 is 9.18 Å². The van der Waals surface area contributed by atoms with E-state index in [2.05, 4.69) is 21.4 Å². The quantitative estimate of drug-likeness (QED) is 0.688. The molecule has 0 bridgehead atoms. The average molecular weight is 330 g/mol. The van der Waals surface area contributed by atoms with Gasteiger partial charge >= 0.3 is 0 Å². The molecule has 7 heteroatoms. The minimum atomic E-state index is -0.546. The van der Waals surface area contributed by atoms with Crippen molar-refractivity contribution in [1.29, 1.82) is 5.26 Å². The van der Waals surface area contributed by atoms with E-state index >= 15 is 0 Å². The maximum absolute atomic E-state index is 13.6. The van der Waals surface area contributed by atoms with Crippen LogP contribution < -0.4 is 5.32 Å². The highest BCUT2D eigenvalue weighted by molar-refractivity contribution is 8.00. The predicted octanol–water partition coefficient (Wildman–Crippen LogP) is 3.22. The number of carbonyl (C=O) groups excluding carboxylic acids is 1. The lowest BCUT2D eigenvalue weighted by Crippen LogP contribution is -2.23. The van der Waals surface area contributed by atoms with Crippen molar-refractivity contribution in [1.82, 2.24) is 9.97 Å². The Kier molecular flexibility index (Phi) is 5.29. The Balaban J connectivity index is 2.16. The molecule has 0 saturated heterocycles. The first-order valence-corrected chi connectivity index (χ1v) is 7.77. The third-order valence-electron chi connectivity index (χ3n) is 3.07. The summed E-state index contributed by atoms with van der Waals surface area (Å²) in [6, 6.07) is 8.01. The highest BCUT2D eigenvalue weighted by Gasteiger charge is 2.20. The molecule has 0 spiro atoms. The molecule has 2 aromatic rings. The van der Waals surface area contributed by atoms with Crippen LogP contribution in [0, 0.1) is 31.0 Å².